The van der Waals surface area contributed by atoms with Crippen LogP contribution in [0.3, 0.4) is 0 Å². The first-order valence-corrected chi connectivity index (χ1v) is 12.2. The highest BCUT2D eigenvalue weighted by Gasteiger charge is 2.46. The van der Waals surface area contributed by atoms with E-state index in [0.29, 0.717) is 12.8 Å². The van der Waals surface area contributed by atoms with Crippen molar-refractivity contribution in [1.29, 1.82) is 0 Å². The van der Waals surface area contributed by atoms with E-state index in [1.807, 2.05) is 24.3 Å². The number of rotatable bonds is 7. The molecule has 2 aliphatic heterocycles. The van der Waals surface area contributed by atoms with E-state index in [2.05, 4.69) is 36.2 Å². The summed E-state index contributed by atoms with van der Waals surface area (Å²) in [6.45, 7) is 3.91. The summed E-state index contributed by atoms with van der Waals surface area (Å²) in [6.07, 6.45) is 3.77. The van der Waals surface area contributed by atoms with Crippen molar-refractivity contribution in [2.75, 3.05) is 6.61 Å². The number of carbonyl (C=O) groups is 3. The number of hydrogen-bond acceptors (Lipinski definition) is 4. The third kappa shape index (κ3) is 4.31. The largest absolute Gasteiger partial charge is 0.481 e. The maximum absolute atomic E-state index is 13.4. The van der Waals surface area contributed by atoms with Gasteiger partial charge in [-0.3, -0.25) is 9.59 Å². The van der Waals surface area contributed by atoms with Crippen molar-refractivity contribution >= 4 is 18.0 Å². The Morgan fingerprint density at radius 3 is 2.14 bits per heavy atom. The molecule has 2 N–H and O–H groups in total. The van der Waals surface area contributed by atoms with Gasteiger partial charge in [0.15, 0.2) is 0 Å². The molecule has 1 aliphatic carbocycles. The van der Waals surface area contributed by atoms with Crippen molar-refractivity contribution in [1.82, 2.24) is 10.2 Å². The van der Waals surface area contributed by atoms with E-state index in [0.717, 1.165) is 35.1 Å². The summed E-state index contributed by atoms with van der Waals surface area (Å²) in [5.41, 5.74) is 4.55. The molecule has 0 saturated carbocycles. The van der Waals surface area contributed by atoms with Gasteiger partial charge in [0, 0.05) is 18.0 Å². The first-order valence-electron chi connectivity index (χ1n) is 12.2. The van der Waals surface area contributed by atoms with E-state index < -0.39 is 24.0 Å². The number of carboxylic acids is 1. The Morgan fingerprint density at radius 1 is 1.03 bits per heavy atom. The van der Waals surface area contributed by atoms with Crippen LogP contribution >= 0.6 is 0 Å². The summed E-state index contributed by atoms with van der Waals surface area (Å²) in [5, 5.41) is 12.2. The molecule has 2 aromatic carbocycles. The number of nitrogens with one attached hydrogen (secondary N) is 1. The molecular weight excluding hydrogens is 444 g/mol. The number of carbonyl (C=O) groups excluding carboxylic acids is 2. The Balaban J connectivity index is 1.25. The second-order valence-electron chi connectivity index (χ2n) is 9.68. The standard InChI is InChI=1S/C28H30N2O5/c1-2-7-25(26(31)30-18-12-13-19(30)15-17(14-18)27(32)33)29-28(34)35-16-24-22-10-5-3-8-20(22)21-9-4-6-11-23(21)24/h2-6,8-11,17-19,24-25H,1,7,12-16H2,(H,29,34)(H,32,33). The fourth-order valence-electron chi connectivity index (χ4n) is 6.09. The van der Waals surface area contributed by atoms with E-state index >= 15 is 0 Å². The van der Waals surface area contributed by atoms with E-state index in [1.165, 1.54) is 0 Å². The Labute approximate surface area is 204 Å². The Kier molecular flexibility index (Phi) is 6.32. The molecule has 2 amide bonds. The second-order valence-corrected chi connectivity index (χ2v) is 9.68. The zero-order valence-electron chi connectivity index (χ0n) is 19.6. The van der Waals surface area contributed by atoms with Gasteiger partial charge in [-0.05, 0) is 54.4 Å². The van der Waals surface area contributed by atoms with Crippen LogP contribution in [0.4, 0.5) is 4.79 Å². The third-order valence-electron chi connectivity index (χ3n) is 7.67. The molecule has 2 fully saturated rings. The van der Waals surface area contributed by atoms with Gasteiger partial charge in [-0.15, -0.1) is 6.58 Å². The fraction of sp³-hybridized carbons (Fsp3) is 0.393. The molecule has 2 saturated heterocycles. The van der Waals surface area contributed by atoms with Gasteiger partial charge >= 0.3 is 12.1 Å². The highest BCUT2D eigenvalue weighted by Crippen LogP contribution is 2.44. The zero-order valence-corrected chi connectivity index (χ0v) is 19.6. The number of benzene rings is 2. The summed E-state index contributed by atoms with van der Waals surface area (Å²) in [6, 6.07) is 15.3. The highest BCUT2D eigenvalue weighted by atomic mass is 16.5. The topological polar surface area (TPSA) is 95.9 Å². The summed E-state index contributed by atoms with van der Waals surface area (Å²) < 4.78 is 5.64. The monoisotopic (exact) mass is 474 g/mol. The van der Waals surface area contributed by atoms with Crippen molar-refractivity contribution in [3.05, 3.63) is 72.3 Å². The number of carboxylic acid groups (broad SMARTS) is 1. The number of alkyl carbamates (subject to hydrolysis) is 1. The summed E-state index contributed by atoms with van der Waals surface area (Å²) in [5.74, 6) is -1.46. The Morgan fingerprint density at radius 2 is 1.60 bits per heavy atom. The lowest BCUT2D eigenvalue weighted by Crippen LogP contribution is -2.55. The molecule has 0 radical (unpaired) electrons. The molecule has 2 bridgehead atoms. The molecule has 3 atom stereocenters. The van der Waals surface area contributed by atoms with Gasteiger partial charge in [0.1, 0.15) is 12.6 Å². The fourth-order valence-corrected chi connectivity index (χ4v) is 6.09. The SMILES string of the molecule is C=CCC(NC(=O)OCC1c2ccccc2-c2ccccc21)C(=O)N1C2CCC1CC(C(=O)O)C2. The van der Waals surface area contributed by atoms with Crippen LogP contribution in [-0.2, 0) is 14.3 Å². The molecule has 35 heavy (non-hydrogen) atoms. The summed E-state index contributed by atoms with van der Waals surface area (Å²) in [7, 11) is 0. The van der Waals surface area contributed by atoms with Gasteiger partial charge in [0.25, 0.3) is 0 Å². The van der Waals surface area contributed by atoms with Crippen molar-refractivity contribution in [2.24, 2.45) is 5.92 Å². The molecular formula is C28H30N2O5. The Hall–Kier alpha value is -3.61. The van der Waals surface area contributed by atoms with Crippen molar-refractivity contribution in [2.45, 2.75) is 56.1 Å². The lowest BCUT2D eigenvalue weighted by atomic mass is 9.90. The number of nitrogens with zero attached hydrogens (tertiary/aromatic N) is 1. The maximum Gasteiger partial charge on any atom is 0.407 e. The predicted molar refractivity (Wildman–Crippen MR) is 131 cm³/mol. The van der Waals surface area contributed by atoms with Gasteiger partial charge in [-0.1, -0.05) is 54.6 Å². The molecule has 0 spiro atoms. The van der Waals surface area contributed by atoms with Gasteiger partial charge in [-0.25, -0.2) is 4.79 Å². The number of aliphatic carboxylic acids is 1. The minimum atomic E-state index is -0.798. The van der Waals surface area contributed by atoms with E-state index in [-0.39, 0.29) is 36.9 Å². The maximum atomic E-state index is 13.4. The van der Waals surface area contributed by atoms with Crippen molar-refractivity contribution < 1.29 is 24.2 Å². The molecule has 7 heteroatoms. The molecule has 0 aromatic heterocycles. The van der Waals surface area contributed by atoms with Crippen LogP contribution in [0.5, 0.6) is 0 Å². The first-order chi connectivity index (χ1) is 17.0. The molecule has 182 valence electrons. The van der Waals surface area contributed by atoms with Crippen LogP contribution in [0, 0.1) is 5.92 Å². The Bertz CT molecular complexity index is 1100. The lowest BCUT2D eigenvalue weighted by Gasteiger charge is -2.39. The first kappa shape index (κ1) is 23.1. The van der Waals surface area contributed by atoms with Crippen LogP contribution in [0.2, 0.25) is 0 Å². The van der Waals surface area contributed by atoms with Gasteiger partial charge < -0.3 is 20.1 Å². The van der Waals surface area contributed by atoms with Crippen molar-refractivity contribution in [3.8, 4) is 11.1 Å². The number of amides is 2. The molecule has 7 nitrogen and oxygen atoms in total. The van der Waals surface area contributed by atoms with Crippen LogP contribution in [0.15, 0.2) is 61.2 Å². The van der Waals surface area contributed by atoms with Gasteiger partial charge in [0.2, 0.25) is 5.91 Å². The third-order valence-corrected chi connectivity index (χ3v) is 7.67. The van der Waals surface area contributed by atoms with Crippen LogP contribution in [0.1, 0.15) is 49.1 Å². The zero-order chi connectivity index (χ0) is 24.5. The normalized spacial score (nSPS) is 23.2. The number of ether oxygens (including phenoxy) is 1. The number of piperidine rings is 1. The van der Waals surface area contributed by atoms with E-state index in [4.69, 9.17) is 4.74 Å². The molecule has 5 rings (SSSR count). The molecule has 2 aromatic rings. The van der Waals surface area contributed by atoms with Gasteiger partial charge in [0.05, 0.1) is 5.92 Å². The smallest absolute Gasteiger partial charge is 0.407 e. The van der Waals surface area contributed by atoms with Crippen molar-refractivity contribution in [3.63, 3.8) is 0 Å². The lowest BCUT2D eigenvalue weighted by molar-refractivity contribution is -0.149. The number of hydrogen-bond donors (Lipinski definition) is 2. The molecule has 3 unspecified atom stereocenters. The summed E-state index contributed by atoms with van der Waals surface area (Å²) >= 11 is 0. The van der Waals surface area contributed by atoms with Crippen LogP contribution in [-0.4, -0.2) is 52.7 Å². The molecule has 3 aliphatic rings. The van der Waals surface area contributed by atoms with Gasteiger partial charge in [-0.2, -0.15) is 0 Å². The van der Waals surface area contributed by atoms with Crippen LogP contribution < -0.4 is 5.32 Å². The van der Waals surface area contributed by atoms with Crippen LogP contribution in [0.25, 0.3) is 11.1 Å². The van der Waals surface area contributed by atoms with E-state index in [1.54, 1.807) is 11.0 Å². The molecule has 2 heterocycles. The summed E-state index contributed by atoms with van der Waals surface area (Å²) in [4.78, 5) is 39.5. The second kappa shape index (κ2) is 9.56. The minimum absolute atomic E-state index is 0.0624. The minimum Gasteiger partial charge on any atom is -0.481 e. The average molecular weight is 475 g/mol. The average Bonchev–Trinajstić information content (AvgIpc) is 3.32. The van der Waals surface area contributed by atoms with E-state index in [9.17, 15) is 19.5 Å². The number of fused-ring (bicyclic) bond motifs is 5. The predicted octanol–water partition coefficient (Wildman–Crippen LogP) is 4.32. The highest BCUT2D eigenvalue weighted by molar-refractivity contribution is 5.87. The quantitative estimate of drug-likeness (QED) is 0.583.